The number of amides is 2. The van der Waals surface area contributed by atoms with E-state index in [1.807, 2.05) is 25.1 Å². The lowest BCUT2D eigenvalue weighted by Gasteiger charge is -2.38. The minimum atomic E-state index is -0.440. The number of methoxy groups -OCH3 is 1. The first-order valence-electron chi connectivity index (χ1n) is 8.90. The summed E-state index contributed by atoms with van der Waals surface area (Å²) in [7, 11) is 3.36. The second kappa shape index (κ2) is 8.11. The van der Waals surface area contributed by atoms with Crippen LogP contribution < -0.4 is 9.47 Å². The Labute approximate surface area is 158 Å². The Morgan fingerprint density at radius 3 is 2.81 bits per heavy atom. The molecule has 0 unspecified atom stereocenters. The third-order valence-electron chi connectivity index (χ3n) is 4.65. The largest absolute Gasteiger partial charge is 0.497 e. The molecule has 1 saturated heterocycles. The quantitative estimate of drug-likeness (QED) is 0.834. The van der Waals surface area contributed by atoms with Crippen LogP contribution in [0.15, 0.2) is 30.3 Å². The number of aromatic amines is 1. The van der Waals surface area contributed by atoms with Crippen molar-refractivity contribution in [1.82, 2.24) is 20.0 Å². The van der Waals surface area contributed by atoms with E-state index in [1.165, 1.54) is 0 Å². The van der Waals surface area contributed by atoms with Crippen LogP contribution in [0.4, 0.5) is 0 Å². The number of nitrogens with one attached hydrogen (secondary N) is 1. The second-order valence-electron chi connectivity index (χ2n) is 6.43. The van der Waals surface area contributed by atoms with E-state index < -0.39 is 6.04 Å². The number of hydrogen-bond donors (Lipinski definition) is 1. The van der Waals surface area contributed by atoms with Crippen molar-refractivity contribution in [2.24, 2.45) is 0 Å². The number of benzene rings is 1. The first-order valence-corrected chi connectivity index (χ1v) is 8.90. The third kappa shape index (κ3) is 4.05. The third-order valence-corrected chi connectivity index (χ3v) is 4.65. The molecular weight excluding hydrogens is 348 g/mol. The number of likely N-dealkylation sites (N-methyl/N-ethyl adjacent to an activating group) is 1. The van der Waals surface area contributed by atoms with Gasteiger partial charge in [0.05, 0.1) is 12.8 Å². The Hall–Kier alpha value is -3.03. The van der Waals surface area contributed by atoms with Gasteiger partial charge in [-0.2, -0.15) is 5.10 Å². The number of ether oxygens (including phenoxy) is 2. The van der Waals surface area contributed by atoms with Crippen molar-refractivity contribution in [3.05, 3.63) is 41.7 Å². The van der Waals surface area contributed by atoms with Gasteiger partial charge in [-0.1, -0.05) is 13.0 Å². The summed E-state index contributed by atoms with van der Waals surface area (Å²) < 4.78 is 10.9. The van der Waals surface area contributed by atoms with Gasteiger partial charge in [0.1, 0.15) is 24.1 Å². The van der Waals surface area contributed by atoms with E-state index in [1.54, 1.807) is 36.1 Å². The molecule has 1 aliphatic heterocycles. The maximum absolute atomic E-state index is 12.8. The van der Waals surface area contributed by atoms with Crippen LogP contribution in [0, 0.1) is 0 Å². The first kappa shape index (κ1) is 18.8. The molecule has 0 saturated carbocycles. The Balaban J connectivity index is 1.66. The van der Waals surface area contributed by atoms with Gasteiger partial charge in [-0.05, 0) is 24.6 Å². The highest BCUT2D eigenvalue weighted by Crippen LogP contribution is 2.20. The molecule has 0 spiro atoms. The number of aromatic nitrogens is 2. The summed E-state index contributed by atoms with van der Waals surface area (Å²) >= 11 is 0. The lowest BCUT2D eigenvalue weighted by atomic mass is 10.1. The first-order chi connectivity index (χ1) is 13.0. The number of nitrogens with zero attached hydrogens (tertiary/aromatic N) is 3. The Bertz CT molecular complexity index is 820. The highest BCUT2D eigenvalue weighted by Gasteiger charge is 2.35. The predicted octanol–water partition coefficient (Wildman–Crippen LogP) is 1.69. The lowest BCUT2D eigenvalue weighted by Crippen LogP contribution is -2.57. The van der Waals surface area contributed by atoms with Crippen LogP contribution in [0.1, 0.15) is 29.5 Å². The zero-order valence-electron chi connectivity index (χ0n) is 15.8. The maximum Gasteiger partial charge on any atom is 0.275 e. The fourth-order valence-electron chi connectivity index (χ4n) is 3.09. The average molecular weight is 372 g/mol. The number of rotatable bonds is 6. The van der Waals surface area contributed by atoms with Crippen molar-refractivity contribution < 1.29 is 19.1 Å². The molecule has 27 heavy (non-hydrogen) atoms. The van der Waals surface area contributed by atoms with E-state index in [2.05, 4.69) is 10.2 Å². The van der Waals surface area contributed by atoms with Gasteiger partial charge < -0.3 is 19.3 Å². The highest BCUT2D eigenvalue weighted by molar-refractivity contribution is 5.96. The zero-order valence-corrected chi connectivity index (χ0v) is 15.8. The summed E-state index contributed by atoms with van der Waals surface area (Å²) in [5.41, 5.74) is 0.963. The van der Waals surface area contributed by atoms with E-state index in [9.17, 15) is 9.59 Å². The fourth-order valence-corrected chi connectivity index (χ4v) is 3.09. The van der Waals surface area contributed by atoms with Gasteiger partial charge in [-0.3, -0.25) is 14.7 Å². The summed E-state index contributed by atoms with van der Waals surface area (Å²) in [6, 6.07) is 8.51. The Morgan fingerprint density at radius 1 is 1.30 bits per heavy atom. The SMILES string of the molecule is CC[C@@H]1C(=O)N(C)CCN1C(=O)c1cc(COc2cccc(OC)c2)[nH]n1. The monoisotopic (exact) mass is 372 g/mol. The van der Waals surface area contributed by atoms with E-state index in [0.29, 0.717) is 36.7 Å². The Morgan fingerprint density at radius 2 is 2.07 bits per heavy atom. The minimum absolute atomic E-state index is 0.0331. The molecule has 2 amide bonds. The van der Waals surface area contributed by atoms with Gasteiger partial charge in [0, 0.05) is 26.2 Å². The van der Waals surface area contributed by atoms with Gasteiger partial charge in [0.25, 0.3) is 5.91 Å². The molecule has 0 bridgehead atoms. The zero-order chi connectivity index (χ0) is 19.4. The molecule has 1 aromatic carbocycles. The van der Waals surface area contributed by atoms with Crippen molar-refractivity contribution in [3.63, 3.8) is 0 Å². The van der Waals surface area contributed by atoms with Crippen LogP contribution in [-0.4, -0.2) is 65.1 Å². The van der Waals surface area contributed by atoms with Gasteiger partial charge in [-0.25, -0.2) is 0 Å². The van der Waals surface area contributed by atoms with Crippen molar-refractivity contribution in [3.8, 4) is 11.5 Å². The number of piperazine rings is 1. The topological polar surface area (TPSA) is 87.8 Å². The molecule has 8 heteroatoms. The highest BCUT2D eigenvalue weighted by atomic mass is 16.5. The normalized spacial score (nSPS) is 17.1. The number of H-pyrrole nitrogens is 1. The molecule has 144 valence electrons. The van der Waals surface area contributed by atoms with Crippen molar-refractivity contribution in [2.45, 2.75) is 26.0 Å². The molecule has 0 radical (unpaired) electrons. The minimum Gasteiger partial charge on any atom is -0.497 e. The van der Waals surface area contributed by atoms with E-state index in [0.717, 1.165) is 0 Å². The van der Waals surface area contributed by atoms with Gasteiger partial charge in [0.15, 0.2) is 5.69 Å². The van der Waals surface area contributed by atoms with Gasteiger partial charge >= 0.3 is 0 Å². The van der Waals surface area contributed by atoms with E-state index >= 15 is 0 Å². The van der Waals surface area contributed by atoms with Crippen LogP contribution in [0.2, 0.25) is 0 Å². The second-order valence-corrected chi connectivity index (χ2v) is 6.43. The number of carbonyl (C=O) groups is 2. The summed E-state index contributed by atoms with van der Waals surface area (Å²) in [6.07, 6.45) is 0.575. The molecule has 1 fully saturated rings. The fraction of sp³-hybridized carbons (Fsp3) is 0.421. The molecule has 1 atom stereocenters. The molecule has 1 aromatic heterocycles. The summed E-state index contributed by atoms with van der Waals surface area (Å²) in [6.45, 7) is 3.17. The maximum atomic E-state index is 12.8. The van der Waals surface area contributed by atoms with Gasteiger partial charge in [-0.15, -0.1) is 0 Å². The van der Waals surface area contributed by atoms with Crippen LogP contribution >= 0.6 is 0 Å². The van der Waals surface area contributed by atoms with Crippen LogP contribution in [0.5, 0.6) is 11.5 Å². The molecule has 8 nitrogen and oxygen atoms in total. The molecule has 0 aliphatic carbocycles. The molecular formula is C19H24N4O4. The van der Waals surface area contributed by atoms with E-state index in [4.69, 9.17) is 9.47 Å². The smallest absolute Gasteiger partial charge is 0.275 e. The molecule has 1 N–H and O–H groups in total. The van der Waals surface area contributed by atoms with Crippen molar-refractivity contribution in [2.75, 3.05) is 27.2 Å². The van der Waals surface area contributed by atoms with Crippen molar-refractivity contribution >= 4 is 11.8 Å². The lowest BCUT2D eigenvalue weighted by molar-refractivity contribution is -0.138. The summed E-state index contributed by atoms with van der Waals surface area (Å²) in [5.74, 6) is 1.09. The average Bonchev–Trinajstić information content (AvgIpc) is 3.17. The van der Waals surface area contributed by atoms with Crippen LogP contribution in [0.25, 0.3) is 0 Å². The van der Waals surface area contributed by atoms with Crippen LogP contribution in [0.3, 0.4) is 0 Å². The van der Waals surface area contributed by atoms with Crippen LogP contribution in [-0.2, 0) is 11.4 Å². The molecule has 2 heterocycles. The number of hydrogen-bond acceptors (Lipinski definition) is 5. The summed E-state index contributed by atoms with van der Waals surface area (Å²) in [5, 5.41) is 6.93. The Kier molecular flexibility index (Phi) is 5.63. The molecule has 3 rings (SSSR count). The number of carbonyl (C=O) groups excluding carboxylic acids is 2. The van der Waals surface area contributed by atoms with E-state index in [-0.39, 0.29) is 24.1 Å². The standard InChI is InChI=1S/C19H24N4O4/c1-4-17-19(25)22(2)8-9-23(17)18(24)16-10-13(20-21-16)12-27-15-7-5-6-14(11-15)26-3/h5-7,10-11,17H,4,8-9,12H2,1-3H3,(H,20,21)/t17-/m1/s1. The molecule has 1 aliphatic rings. The summed E-state index contributed by atoms with van der Waals surface area (Å²) in [4.78, 5) is 28.4. The molecule has 2 aromatic rings. The van der Waals surface area contributed by atoms with Crippen molar-refractivity contribution in [1.29, 1.82) is 0 Å². The predicted molar refractivity (Wildman–Crippen MR) is 98.7 cm³/mol. The van der Waals surface area contributed by atoms with Gasteiger partial charge in [0.2, 0.25) is 5.91 Å².